The molecule has 4 amide bonds. The number of amides is 4. The highest BCUT2D eigenvalue weighted by Crippen LogP contribution is 2.17. The summed E-state index contributed by atoms with van der Waals surface area (Å²) in [6.07, 6.45) is -1.27. The van der Waals surface area contributed by atoms with Crippen LogP contribution in [0.5, 0.6) is 17.2 Å². The van der Waals surface area contributed by atoms with E-state index in [0.29, 0.717) is 36.0 Å². The van der Waals surface area contributed by atoms with Crippen molar-refractivity contribution < 1.29 is 52.4 Å². The molecule has 0 spiro atoms. The number of hydrogen-bond acceptors (Lipinski definition) is 11. The highest BCUT2D eigenvalue weighted by atomic mass is 16.7. The number of carbonyl (C=O) groups is 5. The summed E-state index contributed by atoms with van der Waals surface area (Å²) in [6.45, 7) is 6.49. The van der Waals surface area contributed by atoms with Crippen molar-refractivity contribution in [2.45, 2.75) is 33.3 Å². The van der Waals surface area contributed by atoms with Gasteiger partial charge in [0.1, 0.15) is 30.0 Å². The van der Waals surface area contributed by atoms with Crippen LogP contribution in [0.2, 0.25) is 0 Å². The molecule has 1 atom stereocenters. The van der Waals surface area contributed by atoms with E-state index in [9.17, 15) is 24.0 Å². The second kappa shape index (κ2) is 24.5. The molecule has 45 heavy (non-hydrogen) atoms. The summed E-state index contributed by atoms with van der Waals surface area (Å²) in [4.78, 5) is 55.0. The fourth-order valence-electron chi connectivity index (χ4n) is 2.83. The van der Waals surface area contributed by atoms with E-state index in [1.807, 2.05) is 6.92 Å². The van der Waals surface area contributed by atoms with Gasteiger partial charge in [-0.2, -0.15) is 0 Å². The molecule has 2 aromatic carbocycles. The van der Waals surface area contributed by atoms with Crippen molar-refractivity contribution in [1.82, 2.24) is 21.3 Å². The van der Waals surface area contributed by atoms with Gasteiger partial charge in [-0.05, 0) is 69.3 Å². The number of nitrogens with one attached hydrogen (secondary N) is 4. The zero-order chi connectivity index (χ0) is 34.0. The SMILES string of the molecule is CCNC(=O)c1ccc(OC(=O)NC)cc1.CCOCC(=O)OC(C)CC(=O)NC.CNC(=O)Oc1ccc(OCOC)cc1. The van der Waals surface area contributed by atoms with Crippen molar-refractivity contribution in [3.05, 3.63) is 54.1 Å². The minimum atomic E-state index is -0.536. The molecule has 0 bridgehead atoms. The second-order valence-electron chi connectivity index (χ2n) is 8.50. The molecule has 4 N–H and O–H groups in total. The Hall–Kier alpha value is -4.89. The molecule has 2 rings (SSSR count). The lowest BCUT2D eigenvalue weighted by atomic mass is 10.2. The van der Waals surface area contributed by atoms with Crippen LogP contribution in [-0.2, 0) is 23.8 Å². The van der Waals surface area contributed by atoms with Crippen molar-refractivity contribution in [3.63, 3.8) is 0 Å². The largest absolute Gasteiger partial charge is 0.468 e. The van der Waals surface area contributed by atoms with E-state index >= 15 is 0 Å². The quantitative estimate of drug-likeness (QED) is 0.187. The van der Waals surface area contributed by atoms with E-state index in [0.717, 1.165) is 0 Å². The van der Waals surface area contributed by atoms with Gasteiger partial charge in [-0.1, -0.05) is 0 Å². The van der Waals surface area contributed by atoms with E-state index in [2.05, 4.69) is 21.3 Å². The van der Waals surface area contributed by atoms with E-state index in [1.54, 1.807) is 69.5 Å². The van der Waals surface area contributed by atoms with Crippen LogP contribution >= 0.6 is 0 Å². The maximum absolute atomic E-state index is 11.4. The maximum Gasteiger partial charge on any atom is 0.412 e. The molecule has 0 aliphatic carbocycles. The standard InChI is InChI=1S/C11H14N2O3.C10H13NO4.C9H17NO4/c1-3-13-10(14)8-4-6-9(7-5-8)16-11(15)12-2;1-11-10(12)15-9-5-3-8(4-6-9)14-7-13-2;1-4-13-6-9(12)14-7(2)5-8(11)10-3/h4-7H,3H2,1-2H3,(H,12,15)(H,13,14);3-6H,7H2,1-2H3,(H,11,12);7H,4-6H2,1-3H3,(H,10,11). The first kappa shape index (κ1) is 40.1. The summed E-state index contributed by atoms with van der Waals surface area (Å²) in [5, 5.41) is 9.81. The predicted molar refractivity (Wildman–Crippen MR) is 164 cm³/mol. The Morgan fingerprint density at radius 1 is 0.756 bits per heavy atom. The van der Waals surface area contributed by atoms with Gasteiger partial charge in [0, 0.05) is 47.0 Å². The zero-order valence-electron chi connectivity index (χ0n) is 26.7. The summed E-state index contributed by atoms with van der Waals surface area (Å²) >= 11 is 0. The molecule has 15 heteroatoms. The molecule has 250 valence electrons. The number of esters is 1. The van der Waals surface area contributed by atoms with Gasteiger partial charge in [0.2, 0.25) is 5.91 Å². The van der Waals surface area contributed by atoms with E-state index in [4.69, 9.17) is 28.4 Å². The first-order valence-corrected chi connectivity index (χ1v) is 13.9. The van der Waals surface area contributed by atoms with Gasteiger partial charge in [-0.15, -0.1) is 0 Å². The van der Waals surface area contributed by atoms with Gasteiger partial charge < -0.3 is 49.7 Å². The summed E-state index contributed by atoms with van der Waals surface area (Å²) < 4.78 is 29.4. The van der Waals surface area contributed by atoms with Crippen molar-refractivity contribution in [1.29, 1.82) is 0 Å². The smallest absolute Gasteiger partial charge is 0.412 e. The predicted octanol–water partition coefficient (Wildman–Crippen LogP) is 2.63. The van der Waals surface area contributed by atoms with Crippen molar-refractivity contribution in [2.24, 2.45) is 0 Å². The van der Waals surface area contributed by atoms with Gasteiger partial charge >= 0.3 is 18.2 Å². The monoisotopic (exact) mass is 636 g/mol. The highest BCUT2D eigenvalue weighted by Gasteiger charge is 2.12. The Balaban J connectivity index is 0.000000647. The lowest BCUT2D eigenvalue weighted by molar-refractivity contribution is -0.154. The van der Waals surface area contributed by atoms with Crippen LogP contribution in [0.3, 0.4) is 0 Å². The fourth-order valence-corrected chi connectivity index (χ4v) is 2.83. The lowest BCUT2D eigenvalue weighted by Gasteiger charge is -2.11. The Labute approximate surface area is 263 Å². The third-order valence-corrected chi connectivity index (χ3v) is 4.96. The molecule has 0 aliphatic rings. The van der Waals surface area contributed by atoms with Gasteiger partial charge in [0.05, 0.1) is 6.42 Å². The number of carbonyl (C=O) groups excluding carboxylic acids is 5. The summed E-state index contributed by atoms with van der Waals surface area (Å²) in [5.74, 6) is 0.770. The molecule has 0 aliphatic heterocycles. The Bertz CT molecular complexity index is 1160. The molecule has 0 radical (unpaired) electrons. The molecular weight excluding hydrogens is 592 g/mol. The zero-order valence-corrected chi connectivity index (χ0v) is 26.7. The topological polar surface area (TPSA) is 189 Å². The van der Waals surface area contributed by atoms with Crippen molar-refractivity contribution >= 4 is 30.0 Å². The number of methoxy groups -OCH3 is 1. The molecule has 1 unspecified atom stereocenters. The molecular formula is C30H44N4O11. The van der Waals surface area contributed by atoms with Gasteiger partial charge in [0.15, 0.2) is 6.79 Å². The number of ether oxygens (including phenoxy) is 6. The van der Waals surface area contributed by atoms with Gasteiger partial charge in [-0.3, -0.25) is 9.59 Å². The number of hydrogen-bond donors (Lipinski definition) is 4. The minimum absolute atomic E-state index is 0.0609. The van der Waals surface area contributed by atoms with Crippen LogP contribution in [0.1, 0.15) is 37.6 Å². The second-order valence-corrected chi connectivity index (χ2v) is 8.50. The summed E-state index contributed by atoms with van der Waals surface area (Å²) in [5.41, 5.74) is 0.533. The first-order valence-electron chi connectivity index (χ1n) is 13.9. The van der Waals surface area contributed by atoms with Crippen LogP contribution in [-0.4, -0.2) is 90.9 Å². The molecule has 2 aromatic rings. The van der Waals surface area contributed by atoms with Crippen LogP contribution in [0.15, 0.2) is 48.5 Å². The third kappa shape index (κ3) is 19.8. The molecule has 0 heterocycles. The number of rotatable bonds is 13. The Morgan fingerprint density at radius 2 is 1.27 bits per heavy atom. The summed E-state index contributed by atoms with van der Waals surface area (Å²) in [7, 11) is 6.06. The fraction of sp³-hybridized carbons (Fsp3) is 0.433. The van der Waals surface area contributed by atoms with Gasteiger partial charge in [0.25, 0.3) is 5.91 Å². The van der Waals surface area contributed by atoms with Crippen LogP contribution in [0, 0.1) is 0 Å². The lowest BCUT2D eigenvalue weighted by Crippen LogP contribution is -2.26. The normalized spacial score (nSPS) is 10.2. The average molecular weight is 637 g/mol. The van der Waals surface area contributed by atoms with Gasteiger partial charge in [-0.25, -0.2) is 14.4 Å². The first-order chi connectivity index (χ1) is 21.5. The number of benzene rings is 2. The molecule has 0 aromatic heterocycles. The Kier molecular flexibility index (Phi) is 21.9. The minimum Gasteiger partial charge on any atom is -0.468 e. The summed E-state index contributed by atoms with van der Waals surface area (Å²) in [6, 6.07) is 13.0. The maximum atomic E-state index is 11.4. The molecule has 0 saturated heterocycles. The Morgan fingerprint density at radius 3 is 1.71 bits per heavy atom. The molecule has 0 fully saturated rings. The highest BCUT2D eigenvalue weighted by molar-refractivity contribution is 5.94. The third-order valence-electron chi connectivity index (χ3n) is 4.96. The van der Waals surface area contributed by atoms with E-state index in [-0.39, 0.29) is 31.6 Å². The molecule has 15 nitrogen and oxygen atoms in total. The van der Waals surface area contributed by atoms with Crippen LogP contribution in [0.4, 0.5) is 9.59 Å². The molecule has 0 saturated carbocycles. The average Bonchev–Trinajstić information content (AvgIpc) is 3.04. The van der Waals surface area contributed by atoms with Crippen molar-refractivity contribution in [2.75, 3.05) is 54.8 Å². The van der Waals surface area contributed by atoms with Crippen LogP contribution in [0.25, 0.3) is 0 Å². The van der Waals surface area contributed by atoms with E-state index in [1.165, 1.54) is 21.1 Å². The van der Waals surface area contributed by atoms with Crippen LogP contribution < -0.4 is 35.5 Å². The van der Waals surface area contributed by atoms with Crippen molar-refractivity contribution in [3.8, 4) is 17.2 Å². The van der Waals surface area contributed by atoms with E-state index < -0.39 is 24.3 Å².